The van der Waals surface area contributed by atoms with Crippen LogP contribution in [0.5, 0.6) is 0 Å². The average Bonchev–Trinajstić information content (AvgIpc) is 2.38. The maximum atomic E-state index is 12.5. The second-order valence-corrected chi connectivity index (χ2v) is 9.14. The molecule has 2 rings (SSSR count). The summed E-state index contributed by atoms with van der Waals surface area (Å²) in [5.74, 6) is -0.332. The Labute approximate surface area is 123 Å². The molecule has 20 heavy (non-hydrogen) atoms. The van der Waals surface area contributed by atoms with Crippen molar-refractivity contribution in [3.63, 3.8) is 0 Å². The maximum Gasteiger partial charge on any atom is 0.244 e. The lowest BCUT2D eigenvalue weighted by molar-refractivity contribution is 0.431. The van der Waals surface area contributed by atoms with Gasteiger partial charge in [0.1, 0.15) is 4.90 Å². The highest BCUT2D eigenvalue weighted by atomic mass is 35.5. The predicted molar refractivity (Wildman–Crippen MR) is 76.8 cm³/mol. The summed E-state index contributed by atoms with van der Waals surface area (Å²) < 4.78 is 48.9. The van der Waals surface area contributed by atoms with Gasteiger partial charge in [-0.15, -0.1) is 0 Å². The Morgan fingerprint density at radius 3 is 2.40 bits per heavy atom. The molecule has 0 amide bonds. The number of sulfonamides is 1. The molecule has 0 bridgehead atoms. The number of benzene rings is 1. The third kappa shape index (κ3) is 3.15. The molecule has 1 saturated heterocycles. The topological polar surface area (TPSA) is 97.5 Å². The summed E-state index contributed by atoms with van der Waals surface area (Å²) in [4.78, 5) is -0.0265. The van der Waals surface area contributed by atoms with Crippen molar-refractivity contribution in [3.8, 4) is 0 Å². The fraction of sp³-hybridized carbons (Fsp3) is 0.455. The molecule has 0 unspecified atom stereocenters. The number of halogens is 1. The van der Waals surface area contributed by atoms with Crippen LogP contribution in [-0.4, -0.2) is 45.7 Å². The van der Waals surface area contributed by atoms with Crippen LogP contribution in [0.15, 0.2) is 23.1 Å². The zero-order chi connectivity index (χ0) is 15.0. The number of hydrogen-bond donors (Lipinski definition) is 1. The van der Waals surface area contributed by atoms with E-state index in [0.717, 1.165) is 4.31 Å². The highest BCUT2D eigenvalue weighted by Crippen LogP contribution is 2.26. The van der Waals surface area contributed by atoms with Crippen LogP contribution in [0.1, 0.15) is 5.56 Å². The SMILES string of the molecule is NCc1ccc(Cl)c(S(=O)(=O)N2CCS(=O)(=O)CC2)c1. The van der Waals surface area contributed by atoms with E-state index in [1.54, 1.807) is 6.07 Å². The van der Waals surface area contributed by atoms with Crippen molar-refractivity contribution in [2.75, 3.05) is 24.6 Å². The van der Waals surface area contributed by atoms with Gasteiger partial charge in [0.2, 0.25) is 10.0 Å². The number of nitrogens with two attached hydrogens (primary N) is 1. The lowest BCUT2D eigenvalue weighted by Crippen LogP contribution is -2.43. The molecule has 0 radical (unpaired) electrons. The van der Waals surface area contributed by atoms with Gasteiger partial charge in [0.15, 0.2) is 9.84 Å². The quantitative estimate of drug-likeness (QED) is 0.850. The fourth-order valence-corrected chi connectivity index (χ4v) is 5.35. The first-order valence-electron chi connectivity index (χ1n) is 5.95. The molecule has 1 aliphatic rings. The van der Waals surface area contributed by atoms with Gasteiger partial charge in [0.25, 0.3) is 0 Å². The lowest BCUT2D eigenvalue weighted by atomic mass is 10.2. The van der Waals surface area contributed by atoms with Crippen molar-refractivity contribution in [3.05, 3.63) is 28.8 Å². The summed E-state index contributed by atoms with van der Waals surface area (Å²) in [7, 11) is -6.93. The summed E-state index contributed by atoms with van der Waals surface area (Å²) in [6.07, 6.45) is 0. The van der Waals surface area contributed by atoms with Crippen LogP contribution < -0.4 is 5.73 Å². The largest absolute Gasteiger partial charge is 0.326 e. The van der Waals surface area contributed by atoms with Crippen LogP contribution in [0.2, 0.25) is 5.02 Å². The Hall–Kier alpha value is -0.670. The van der Waals surface area contributed by atoms with Gasteiger partial charge < -0.3 is 5.73 Å². The fourth-order valence-electron chi connectivity index (χ4n) is 1.95. The third-order valence-electron chi connectivity index (χ3n) is 3.15. The third-order valence-corrected chi connectivity index (χ3v) is 7.14. The van der Waals surface area contributed by atoms with E-state index in [1.165, 1.54) is 12.1 Å². The van der Waals surface area contributed by atoms with Crippen molar-refractivity contribution in [2.45, 2.75) is 11.4 Å². The molecule has 1 aromatic carbocycles. The van der Waals surface area contributed by atoms with Crippen molar-refractivity contribution in [2.24, 2.45) is 5.73 Å². The number of hydrogen-bond acceptors (Lipinski definition) is 5. The van der Waals surface area contributed by atoms with Gasteiger partial charge in [0, 0.05) is 19.6 Å². The van der Waals surface area contributed by atoms with E-state index in [9.17, 15) is 16.8 Å². The summed E-state index contributed by atoms with van der Waals surface area (Å²) >= 11 is 5.95. The van der Waals surface area contributed by atoms with Crippen molar-refractivity contribution >= 4 is 31.5 Å². The number of nitrogens with zero attached hydrogens (tertiary/aromatic N) is 1. The van der Waals surface area contributed by atoms with Gasteiger partial charge in [-0.25, -0.2) is 16.8 Å². The molecule has 2 N–H and O–H groups in total. The lowest BCUT2D eigenvalue weighted by Gasteiger charge is -2.26. The minimum absolute atomic E-state index is 0.0265. The smallest absolute Gasteiger partial charge is 0.244 e. The van der Waals surface area contributed by atoms with Crippen molar-refractivity contribution < 1.29 is 16.8 Å². The van der Waals surface area contributed by atoms with Crippen LogP contribution in [0.4, 0.5) is 0 Å². The van der Waals surface area contributed by atoms with E-state index in [0.29, 0.717) is 5.56 Å². The minimum atomic E-state index is -3.79. The first-order chi connectivity index (χ1) is 9.26. The van der Waals surface area contributed by atoms with Crippen molar-refractivity contribution in [1.29, 1.82) is 0 Å². The van der Waals surface area contributed by atoms with Crippen LogP contribution in [0, 0.1) is 0 Å². The Bertz CT molecular complexity index is 702. The zero-order valence-corrected chi connectivity index (χ0v) is 13.0. The standard InChI is InChI=1S/C11H15ClN2O4S2/c12-10-2-1-9(8-13)7-11(10)20(17,18)14-3-5-19(15,16)6-4-14/h1-2,7H,3-6,8,13H2. The highest BCUT2D eigenvalue weighted by molar-refractivity contribution is 7.92. The molecule has 112 valence electrons. The zero-order valence-electron chi connectivity index (χ0n) is 10.6. The summed E-state index contributed by atoms with van der Waals surface area (Å²) in [5.41, 5.74) is 6.15. The molecule has 1 heterocycles. The van der Waals surface area contributed by atoms with Gasteiger partial charge in [-0.1, -0.05) is 17.7 Å². The van der Waals surface area contributed by atoms with Crippen LogP contribution in [0.3, 0.4) is 0 Å². The Morgan fingerprint density at radius 2 is 1.85 bits per heavy atom. The minimum Gasteiger partial charge on any atom is -0.326 e. The van der Waals surface area contributed by atoms with E-state index >= 15 is 0 Å². The normalized spacial score (nSPS) is 19.9. The molecule has 1 aromatic rings. The molecule has 0 aromatic heterocycles. The Morgan fingerprint density at radius 1 is 1.25 bits per heavy atom. The highest BCUT2D eigenvalue weighted by Gasteiger charge is 2.32. The molecule has 0 aliphatic carbocycles. The average molecular weight is 339 g/mol. The van der Waals surface area contributed by atoms with E-state index in [2.05, 4.69) is 0 Å². The van der Waals surface area contributed by atoms with Crippen molar-refractivity contribution in [1.82, 2.24) is 4.31 Å². The number of rotatable bonds is 3. The Kier molecular flexibility index (Phi) is 4.41. The van der Waals surface area contributed by atoms with E-state index in [1.807, 2.05) is 0 Å². The molecule has 1 aliphatic heterocycles. The second-order valence-electron chi connectivity index (χ2n) is 4.52. The van der Waals surface area contributed by atoms with Crippen LogP contribution in [-0.2, 0) is 26.4 Å². The summed E-state index contributed by atoms with van der Waals surface area (Å²) in [6.45, 7) is 0.107. The second kappa shape index (κ2) is 5.61. The monoisotopic (exact) mass is 338 g/mol. The van der Waals surface area contributed by atoms with Crippen LogP contribution in [0.25, 0.3) is 0 Å². The summed E-state index contributed by atoms with van der Waals surface area (Å²) in [5, 5.41) is 0.107. The molecule has 9 heteroatoms. The van der Waals surface area contributed by atoms with Gasteiger partial charge in [-0.05, 0) is 17.7 Å². The predicted octanol–water partition coefficient (Wildman–Crippen LogP) is 0.218. The molecule has 0 spiro atoms. The molecule has 6 nitrogen and oxygen atoms in total. The maximum absolute atomic E-state index is 12.5. The first-order valence-corrected chi connectivity index (χ1v) is 9.59. The van der Waals surface area contributed by atoms with Gasteiger partial charge in [-0.2, -0.15) is 4.31 Å². The van der Waals surface area contributed by atoms with E-state index < -0.39 is 19.9 Å². The van der Waals surface area contributed by atoms with E-state index in [4.69, 9.17) is 17.3 Å². The molecule has 0 saturated carbocycles. The summed E-state index contributed by atoms with van der Waals surface area (Å²) in [6, 6.07) is 4.57. The first kappa shape index (κ1) is 15.7. The van der Waals surface area contributed by atoms with Gasteiger partial charge in [-0.3, -0.25) is 0 Å². The van der Waals surface area contributed by atoms with E-state index in [-0.39, 0.29) is 41.1 Å². The number of sulfone groups is 1. The van der Waals surface area contributed by atoms with Gasteiger partial charge >= 0.3 is 0 Å². The van der Waals surface area contributed by atoms with Crippen LogP contribution >= 0.6 is 11.6 Å². The molecule has 1 fully saturated rings. The van der Waals surface area contributed by atoms with Gasteiger partial charge in [0.05, 0.1) is 16.5 Å². The Balaban J connectivity index is 2.36. The molecular weight excluding hydrogens is 324 g/mol. The molecule has 0 atom stereocenters. The molecular formula is C11H15ClN2O4S2.